The molecule has 0 unspecified atom stereocenters. The summed E-state index contributed by atoms with van der Waals surface area (Å²) in [5.74, 6) is 1.77. The van der Waals surface area contributed by atoms with Crippen LogP contribution in [0.5, 0.6) is 0 Å². The second-order valence-corrected chi connectivity index (χ2v) is 7.94. The van der Waals surface area contributed by atoms with Gasteiger partial charge in [-0.3, -0.25) is 0 Å². The maximum absolute atomic E-state index is 12.4. The number of aryl methyl sites for hydroxylation is 1. The Labute approximate surface area is 115 Å². The topological polar surface area (TPSA) is 37.4 Å². The molecule has 2 rings (SSSR count). The molecule has 1 aliphatic rings. The molecular formula is C11H14BrNO2S2. The number of halogens is 1. The van der Waals surface area contributed by atoms with Gasteiger partial charge in [0.05, 0.1) is 4.90 Å². The summed E-state index contributed by atoms with van der Waals surface area (Å²) >= 11 is 5.18. The van der Waals surface area contributed by atoms with Crippen molar-refractivity contribution >= 4 is 37.7 Å². The number of rotatable bonds is 2. The molecule has 6 heteroatoms. The van der Waals surface area contributed by atoms with E-state index < -0.39 is 10.0 Å². The number of hydrogen-bond acceptors (Lipinski definition) is 3. The predicted octanol–water partition coefficient (Wildman–Crippen LogP) is 2.50. The van der Waals surface area contributed by atoms with Crippen LogP contribution in [0.3, 0.4) is 0 Å². The van der Waals surface area contributed by atoms with Gasteiger partial charge in [-0.1, -0.05) is 15.9 Å². The largest absolute Gasteiger partial charge is 0.243 e. The van der Waals surface area contributed by atoms with Crippen LogP contribution in [0.4, 0.5) is 0 Å². The van der Waals surface area contributed by atoms with E-state index >= 15 is 0 Å². The molecule has 1 aliphatic heterocycles. The van der Waals surface area contributed by atoms with Crippen molar-refractivity contribution in [1.29, 1.82) is 0 Å². The Morgan fingerprint density at radius 2 is 1.94 bits per heavy atom. The second-order valence-electron chi connectivity index (χ2n) is 3.93. The highest BCUT2D eigenvalue weighted by Gasteiger charge is 2.26. The number of hydrogen-bond donors (Lipinski definition) is 0. The summed E-state index contributed by atoms with van der Waals surface area (Å²) in [7, 11) is -3.30. The van der Waals surface area contributed by atoms with Crippen molar-refractivity contribution in [3.05, 3.63) is 28.2 Å². The summed E-state index contributed by atoms with van der Waals surface area (Å²) in [4.78, 5) is 0.394. The van der Waals surface area contributed by atoms with Gasteiger partial charge in [0, 0.05) is 29.1 Å². The molecule has 0 bridgehead atoms. The van der Waals surface area contributed by atoms with Crippen LogP contribution in [0.1, 0.15) is 5.56 Å². The minimum Gasteiger partial charge on any atom is -0.207 e. The minimum atomic E-state index is -3.30. The molecule has 0 aliphatic carbocycles. The number of thioether (sulfide) groups is 1. The third-order valence-corrected chi connectivity index (χ3v) is 6.46. The first-order chi connectivity index (χ1) is 8.01. The maximum Gasteiger partial charge on any atom is 0.243 e. The fourth-order valence-corrected chi connectivity index (χ4v) is 4.62. The third kappa shape index (κ3) is 2.86. The molecule has 3 nitrogen and oxygen atoms in total. The third-order valence-electron chi connectivity index (χ3n) is 2.74. The van der Waals surface area contributed by atoms with Gasteiger partial charge in [0.2, 0.25) is 10.0 Å². The first-order valence-corrected chi connectivity index (χ1v) is 8.74. The quantitative estimate of drug-likeness (QED) is 0.833. The first-order valence-electron chi connectivity index (χ1n) is 5.36. The Balaban J connectivity index is 2.33. The van der Waals surface area contributed by atoms with Crippen LogP contribution < -0.4 is 0 Å². The molecule has 0 radical (unpaired) electrons. The summed E-state index contributed by atoms with van der Waals surface area (Å²) in [6.45, 7) is 3.12. The molecule has 1 heterocycles. The number of benzene rings is 1. The van der Waals surface area contributed by atoms with Gasteiger partial charge in [-0.05, 0) is 30.7 Å². The first kappa shape index (κ1) is 13.4. The van der Waals surface area contributed by atoms with Crippen LogP contribution in [0.2, 0.25) is 0 Å². The summed E-state index contributed by atoms with van der Waals surface area (Å²) in [5, 5.41) is 0. The smallest absolute Gasteiger partial charge is 0.207 e. The van der Waals surface area contributed by atoms with Crippen LogP contribution in [0.25, 0.3) is 0 Å². The molecule has 0 aromatic heterocycles. The van der Waals surface area contributed by atoms with Crippen molar-refractivity contribution in [2.45, 2.75) is 11.8 Å². The molecule has 1 aromatic carbocycles. The monoisotopic (exact) mass is 335 g/mol. The van der Waals surface area contributed by atoms with Crippen LogP contribution in [-0.4, -0.2) is 37.3 Å². The zero-order chi connectivity index (χ0) is 12.5. The average molecular weight is 336 g/mol. The molecule has 94 valence electrons. The van der Waals surface area contributed by atoms with Crippen molar-refractivity contribution in [2.75, 3.05) is 24.6 Å². The molecule has 1 saturated heterocycles. The van der Waals surface area contributed by atoms with E-state index in [1.807, 2.05) is 6.92 Å². The van der Waals surface area contributed by atoms with Gasteiger partial charge in [-0.25, -0.2) is 8.42 Å². The highest BCUT2D eigenvalue weighted by atomic mass is 79.9. The van der Waals surface area contributed by atoms with Crippen molar-refractivity contribution < 1.29 is 8.42 Å². The van der Waals surface area contributed by atoms with E-state index in [0.29, 0.717) is 18.0 Å². The van der Waals surface area contributed by atoms with E-state index in [1.54, 1.807) is 34.3 Å². The molecule has 0 saturated carbocycles. The Hall–Kier alpha value is -0.0400. The lowest BCUT2D eigenvalue weighted by atomic mass is 10.2. The second kappa shape index (κ2) is 5.30. The maximum atomic E-state index is 12.4. The van der Waals surface area contributed by atoms with E-state index in [-0.39, 0.29) is 0 Å². The predicted molar refractivity (Wildman–Crippen MR) is 75.0 cm³/mol. The Morgan fingerprint density at radius 3 is 2.53 bits per heavy atom. The fourth-order valence-electron chi connectivity index (χ4n) is 1.71. The van der Waals surface area contributed by atoms with Gasteiger partial charge >= 0.3 is 0 Å². The number of nitrogens with zero attached hydrogens (tertiary/aromatic N) is 1. The Kier molecular flexibility index (Phi) is 4.18. The van der Waals surface area contributed by atoms with Crippen molar-refractivity contribution in [3.8, 4) is 0 Å². The minimum absolute atomic E-state index is 0.394. The molecule has 0 amide bonds. The highest BCUT2D eigenvalue weighted by molar-refractivity contribution is 9.10. The summed E-state index contributed by atoms with van der Waals surface area (Å²) in [6.07, 6.45) is 0. The molecule has 0 atom stereocenters. The summed E-state index contributed by atoms with van der Waals surface area (Å²) in [6, 6.07) is 5.18. The van der Waals surface area contributed by atoms with Crippen molar-refractivity contribution in [3.63, 3.8) is 0 Å². The van der Waals surface area contributed by atoms with Crippen molar-refractivity contribution in [2.24, 2.45) is 0 Å². The molecule has 17 heavy (non-hydrogen) atoms. The zero-order valence-corrected chi connectivity index (χ0v) is 12.7. The molecule has 0 spiro atoms. The van der Waals surface area contributed by atoms with Gasteiger partial charge in [-0.2, -0.15) is 16.1 Å². The summed E-state index contributed by atoms with van der Waals surface area (Å²) in [5.41, 5.74) is 0.942. The van der Waals surface area contributed by atoms with Crippen LogP contribution >= 0.6 is 27.7 Å². The fraction of sp³-hybridized carbons (Fsp3) is 0.455. The molecule has 1 fully saturated rings. The lowest BCUT2D eigenvalue weighted by Crippen LogP contribution is -2.37. The Morgan fingerprint density at radius 1 is 1.29 bits per heavy atom. The van der Waals surface area contributed by atoms with Crippen LogP contribution in [-0.2, 0) is 10.0 Å². The molecular weight excluding hydrogens is 322 g/mol. The standard InChI is InChI=1S/C11H14BrNO2S2/c1-9-8-10(2-3-11(9)12)17(14,15)13-4-6-16-7-5-13/h2-3,8H,4-7H2,1H3. The van der Waals surface area contributed by atoms with Gasteiger partial charge in [0.25, 0.3) is 0 Å². The van der Waals surface area contributed by atoms with Crippen molar-refractivity contribution in [1.82, 2.24) is 4.31 Å². The Bertz CT molecular complexity index is 510. The SMILES string of the molecule is Cc1cc(S(=O)(=O)N2CCSCC2)ccc1Br. The van der Waals surface area contributed by atoms with Gasteiger partial charge < -0.3 is 0 Å². The van der Waals surface area contributed by atoms with Gasteiger partial charge in [0.15, 0.2) is 0 Å². The average Bonchev–Trinajstić information content (AvgIpc) is 2.33. The molecule has 1 aromatic rings. The van der Waals surface area contributed by atoms with Crippen LogP contribution in [0.15, 0.2) is 27.6 Å². The lowest BCUT2D eigenvalue weighted by molar-refractivity contribution is 0.443. The van der Waals surface area contributed by atoms with E-state index in [4.69, 9.17) is 0 Å². The van der Waals surface area contributed by atoms with Crippen LogP contribution in [0, 0.1) is 6.92 Å². The summed E-state index contributed by atoms with van der Waals surface area (Å²) < 4.78 is 27.2. The molecule has 0 N–H and O–H groups in total. The lowest BCUT2D eigenvalue weighted by Gasteiger charge is -2.25. The normalized spacial score (nSPS) is 18.2. The van der Waals surface area contributed by atoms with E-state index in [0.717, 1.165) is 21.5 Å². The van der Waals surface area contributed by atoms with E-state index in [2.05, 4.69) is 15.9 Å². The van der Waals surface area contributed by atoms with Gasteiger partial charge in [-0.15, -0.1) is 0 Å². The van der Waals surface area contributed by atoms with E-state index in [1.165, 1.54) is 0 Å². The zero-order valence-electron chi connectivity index (χ0n) is 9.52. The highest BCUT2D eigenvalue weighted by Crippen LogP contribution is 2.24. The van der Waals surface area contributed by atoms with Gasteiger partial charge in [0.1, 0.15) is 0 Å². The number of sulfonamides is 1. The van der Waals surface area contributed by atoms with E-state index in [9.17, 15) is 8.42 Å².